The van der Waals surface area contributed by atoms with E-state index in [1.54, 1.807) is 6.92 Å². The second-order valence-corrected chi connectivity index (χ2v) is 4.19. The van der Waals surface area contributed by atoms with Gasteiger partial charge in [0.15, 0.2) is 0 Å². The predicted molar refractivity (Wildman–Crippen MR) is 63.4 cm³/mol. The van der Waals surface area contributed by atoms with Crippen LogP contribution in [0.3, 0.4) is 0 Å². The van der Waals surface area contributed by atoms with Gasteiger partial charge in [-0.1, -0.05) is 27.2 Å². The molecule has 0 aromatic carbocycles. The van der Waals surface area contributed by atoms with Crippen LogP contribution in [0.15, 0.2) is 4.99 Å². The number of amides is 2. The summed E-state index contributed by atoms with van der Waals surface area (Å²) in [5, 5.41) is 19.6. The topological polar surface area (TPSA) is 128 Å². The molecule has 0 spiro atoms. The van der Waals surface area contributed by atoms with Gasteiger partial charge in [-0.05, 0) is 18.8 Å². The summed E-state index contributed by atoms with van der Waals surface area (Å²) in [7, 11) is 0. The van der Waals surface area contributed by atoms with Gasteiger partial charge in [0.25, 0.3) is 5.91 Å². The van der Waals surface area contributed by atoms with Gasteiger partial charge >= 0.3 is 29.6 Å². The van der Waals surface area contributed by atoms with Gasteiger partial charge in [-0.15, -0.1) is 0 Å². The largest absolute Gasteiger partial charge is 1.00 e. The van der Waals surface area contributed by atoms with Crippen molar-refractivity contribution >= 4 is 17.8 Å². The summed E-state index contributed by atoms with van der Waals surface area (Å²) in [6.07, 6.45) is 2.02. The third-order valence-corrected chi connectivity index (χ3v) is 3.33. The molecule has 1 heterocycles. The van der Waals surface area contributed by atoms with Crippen LogP contribution in [0.5, 0.6) is 0 Å². The summed E-state index contributed by atoms with van der Waals surface area (Å²) in [6, 6.07) is -0.845. The van der Waals surface area contributed by atoms with Crippen LogP contribution in [-0.4, -0.2) is 23.0 Å². The maximum Gasteiger partial charge on any atom is 1.00 e. The molecule has 0 radical (unpaired) electrons. The van der Waals surface area contributed by atoms with E-state index in [0.717, 1.165) is 12.8 Å². The second kappa shape index (κ2) is 9.44. The Hall–Kier alpha value is -0.470. The number of carbonyl (C=O) groups is 2. The minimum absolute atomic E-state index is 0. The molecule has 7 nitrogen and oxygen atoms in total. The maximum absolute atomic E-state index is 11.9. The fraction of sp³-hybridized carbons (Fsp3) is 0.727. The van der Waals surface area contributed by atoms with Gasteiger partial charge in [-0.25, -0.2) is 10.9 Å². The molecule has 104 valence electrons. The van der Waals surface area contributed by atoms with Crippen molar-refractivity contribution in [2.24, 2.45) is 22.2 Å². The summed E-state index contributed by atoms with van der Waals surface area (Å²) < 4.78 is 0. The molecule has 1 rings (SSSR count). The van der Waals surface area contributed by atoms with Gasteiger partial charge < -0.3 is 15.6 Å². The number of nitrogens with zero attached hydrogens (tertiary/aromatic N) is 1. The number of nitrogens with one attached hydrogen (secondary N) is 1. The van der Waals surface area contributed by atoms with E-state index < -0.39 is 23.3 Å². The van der Waals surface area contributed by atoms with E-state index in [1.165, 1.54) is 0 Å². The van der Waals surface area contributed by atoms with E-state index in [0.29, 0.717) is 6.42 Å². The van der Waals surface area contributed by atoms with Gasteiger partial charge in [-0.3, -0.25) is 9.59 Å². The van der Waals surface area contributed by atoms with Gasteiger partial charge in [0.05, 0.1) is 6.02 Å². The van der Waals surface area contributed by atoms with Gasteiger partial charge in [0, 0.05) is 0 Å². The number of hydrogen-bond acceptors (Lipinski definition) is 5. The van der Waals surface area contributed by atoms with E-state index in [4.69, 9.17) is 5.21 Å². The third kappa shape index (κ3) is 4.25. The Kier molecular flexibility index (Phi) is 10.4. The molecule has 1 aliphatic rings. The summed E-state index contributed by atoms with van der Waals surface area (Å²) in [4.78, 5) is 27.1. The van der Waals surface area contributed by atoms with Crippen LogP contribution in [0.25, 0.3) is 0 Å². The Morgan fingerprint density at radius 1 is 1.42 bits per heavy atom. The monoisotopic (exact) mass is 281 g/mol. The van der Waals surface area contributed by atoms with E-state index >= 15 is 0 Å². The van der Waals surface area contributed by atoms with Gasteiger partial charge in [0.2, 0.25) is 5.91 Å². The van der Waals surface area contributed by atoms with Crippen molar-refractivity contribution in [2.75, 3.05) is 0 Å². The minimum Gasteiger partial charge on any atom is -0.846 e. The molecule has 0 saturated carbocycles. The Morgan fingerprint density at radius 2 is 1.95 bits per heavy atom. The molecule has 2 atom stereocenters. The molecule has 0 aromatic rings. The van der Waals surface area contributed by atoms with Crippen molar-refractivity contribution in [1.29, 1.82) is 0 Å². The quantitative estimate of drug-likeness (QED) is 0.280. The van der Waals surface area contributed by atoms with Crippen molar-refractivity contribution in [1.82, 2.24) is 5.32 Å². The van der Waals surface area contributed by atoms with E-state index in [9.17, 15) is 14.7 Å². The molecule has 4 N–H and O–H groups in total. The van der Waals surface area contributed by atoms with Crippen molar-refractivity contribution in [2.45, 2.75) is 40.0 Å². The summed E-state index contributed by atoms with van der Waals surface area (Å²) >= 11 is 0. The molecule has 2 unspecified atom stereocenters. The zero-order chi connectivity index (χ0) is 14.3. The van der Waals surface area contributed by atoms with E-state index in [1.807, 2.05) is 13.8 Å². The Morgan fingerprint density at radius 3 is 2.32 bits per heavy atom. The van der Waals surface area contributed by atoms with E-state index in [-0.39, 0.29) is 35.5 Å². The van der Waals surface area contributed by atoms with Gasteiger partial charge in [-0.2, -0.15) is 0 Å². The van der Waals surface area contributed by atoms with Crippen LogP contribution in [0.4, 0.5) is 0 Å². The Balaban J connectivity index is 0. The second-order valence-electron chi connectivity index (χ2n) is 4.19. The Bertz CT molecular complexity index is 349. The first-order valence-electron chi connectivity index (χ1n) is 5.86. The fourth-order valence-corrected chi connectivity index (χ4v) is 2.30. The van der Waals surface area contributed by atoms with E-state index in [2.05, 4.69) is 16.2 Å². The van der Waals surface area contributed by atoms with Crippen LogP contribution in [0.2, 0.25) is 0 Å². The average Bonchev–Trinajstić information content (AvgIpc) is 2.32. The standard InChI is InChI=1S/C11H18N2O3.H3NO.Na/c1-4-6-7(3)11(5-2)8(14)12-10(16)13-9(11)15;1-2;/h7H,4-6H2,1-3H3,(H2,12,13,14,15,16);2H,1H2;/q;;+1/p-1. The molecule has 0 aliphatic carbocycles. The average molecular weight is 281 g/mol. The van der Waals surface area contributed by atoms with Crippen molar-refractivity contribution < 1.29 is 49.5 Å². The third-order valence-electron chi connectivity index (χ3n) is 3.33. The molecular weight excluding hydrogens is 261 g/mol. The van der Waals surface area contributed by atoms with Crippen molar-refractivity contribution in [3.63, 3.8) is 0 Å². The van der Waals surface area contributed by atoms with Crippen LogP contribution in [0.1, 0.15) is 40.0 Å². The SMILES string of the molecule is CCCC(C)C1(CC)C(=O)N=C([O-])NC1=O.NO.[Na+]. The number of nitrogens with two attached hydrogens (primary N) is 1. The number of rotatable bonds is 4. The first-order chi connectivity index (χ1) is 8.48. The molecule has 0 aromatic heterocycles. The summed E-state index contributed by atoms with van der Waals surface area (Å²) in [5.74, 6) is 2.30. The number of carbonyl (C=O) groups excluding carboxylic acids is 2. The number of hydrogen-bond donors (Lipinski definition) is 3. The summed E-state index contributed by atoms with van der Waals surface area (Å²) in [5.41, 5.74) is -1.15. The zero-order valence-electron chi connectivity index (χ0n) is 11.9. The smallest absolute Gasteiger partial charge is 0.846 e. The molecule has 1 aliphatic heterocycles. The molecule has 19 heavy (non-hydrogen) atoms. The normalized spacial score (nSPS) is 23.3. The molecule has 2 amide bonds. The fourth-order valence-electron chi connectivity index (χ4n) is 2.30. The number of aliphatic imine (C=N–C) groups is 1. The number of amidine groups is 1. The van der Waals surface area contributed by atoms with Gasteiger partial charge in [0.1, 0.15) is 5.41 Å². The van der Waals surface area contributed by atoms with Crippen molar-refractivity contribution in [3.8, 4) is 0 Å². The van der Waals surface area contributed by atoms with Crippen LogP contribution >= 0.6 is 0 Å². The molecule has 8 heteroatoms. The molecule has 0 bridgehead atoms. The van der Waals surface area contributed by atoms with Crippen molar-refractivity contribution in [3.05, 3.63) is 0 Å². The first-order valence-corrected chi connectivity index (χ1v) is 5.86. The molecule has 0 fully saturated rings. The Labute approximate surface area is 134 Å². The van der Waals surface area contributed by atoms with Crippen LogP contribution in [0, 0.1) is 11.3 Å². The maximum atomic E-state index is 11.9. The predicted octanol–water partition coefficient (Wildman–Crippen LogP) is -3.47. The van der Waals surface area contributed by atoms with Crippen LogP contribution < -0.4 is 45.9 Å². The molecular formula is C11H20N3NaO4. The molecule has 0 saturated heterocycles. The minimum atomic E-state index is -1.15. The zero-order valence-corrected chi connectivity index (χ0v) is 13.9. The first kappa shape index (κ1) is 20.8. The van der Waals surface area contributed by atoms with Crippen LogP contribution in [-0.2, 0) is 9.59 Å². The summed E-state index contributed by atoms with van der Waals surface area (Å²) in [6.45, 7) is 5.62.